The summed E-state index contributed by atoms with van der Waals surface area (Å²) in [5.74, 6) is 0.858. The van der Waals surface area contributed by atoms with Crippen LogP contribution in [-0.2, 0) is 6.42 Å². The minimum atomic E-state index is 0.200. The van der Waals surface area contributed by atoms with E-state index in [9.17, 15) is 0 Å². The maximum atomic E-state index is 6.39. The standard InChI is InChI=1S/C16H25ClN2/c1-4-14(18)9-13-7-8-15(10-16(13)17)19(3)11(2)12-5-6-12/h7-8,10-12,14H,4-6,9,18H2,1-3H3. The highest BCUT2D eigenvalue weighted by Crippen LogP contribution is 2.37. The van der Waals surface area contributed by atoms with Crippen LogP contribution in [0.25, 0.3) is 0 Å². The zero-order valence-electron chi connectivity index (χ0n) is 12.2. The van der Waals surface area contributed by atoms with E-state index < -0.39 is 0 Å². The van der Waals surface area contributed by atoms with E-state index in [4.69, 9.17) is 17.3 Å². The zero-order chi connectivity index (χ0) is 14.0. The average molecular weight is 281 g/mol. The summed E-state index contributed by atoms with van der Waals surface area (Å²) in [6.07, 6.45) is 4.57. The zero-order valence-corrected chi connectivity index (χ0v) is 13.0. The molecule has 0 aromatic heterocycles. The number of hydrogen-bond donors (Lipinski definition) is 1. The summed E-state index contributed by atoms with van der Waals surface area (Å²) in [7, 11) is 2.16. The molecule has 1 fully saturated rings. The lowest BCUT2D eigenvalue weighted by molar-refractivity contribution is 0.609. The Balaban J connectivity index is 2.09. The summed E-state index contributed by atoms with van der Waals surface area (Å²) in [6, 6.07) is 7.18. The Bertz CT molecular complexity index is 429. The van der Waals surface area contributed by atoms with Crippen LogP contribution in [0, 0.1) is 5.92 Å². The van der Waals surface area contributed by atoms with Gasteiger partial charge in [-0.1, -0.05) is 24.6 Å². The molecule has 106 valence electrons. The van der Waals surface area contributed by atoms with E-state index in [1.54, 1.807) is 0 Å². The maximum Gasteiger partial charge on any atom is 0.0459 e. The number of hydrogen-bond acceptors (Lipinski definition) is 2. The molecule has 0 saturated heterocycles. The largest absolute Gasteiger partial charge is 0.372 e. The van der Waals surface area contributed by atoms with Crippen LogP contribution < -0.4 is 10.6 Å². The van der Waals surface area contributed by atoms with Gasteiger partial charge < -0.3 is 10.6 Å². The van der Waals surface area contributed by atoms with Crippen molar-refractivity contribution in [2.75, 3.05) is 11.9 Å². The predicted octanol–water partition coefficient (Wildman–Crippen LogP) is 3.85. The van der Waals surface area contributed by atoms with Gasteiger partial charge in [0.05, 0.1) is 0 Å². The highest BCUT2D eigenvalue weighted by molar-refractivity contribution is 6.31. The van der Waals surface area contributed by atoms with Crippen LogP contribution in [0.3, 0.4) is 0 Å². The highest BCUT2D eigenvalue weighted by Gasteiger charge is 2.30. The summed E-state index contributed by atoms with van der Waals surface area (Å²) in [5.41, 5.74) is 8.37. The molecule has 0 bridgehead atoms. The first-order valence-electron chi connectivity index (χ1n) is 7.29. The molecule has 0 spiro atoms. The SMILES string of the molecule is CCC(N)Cc1ccc(N(C)C(C)C2CC2)cc1Cl. The van der Waals surface area contributed by atoms with Gasteiger partial charge >= 0.3 is 0 Å². The van der Waals surface area contributed by atoms with E-state index in [1.807, 2.05) is 0 Å². The molecule has 19 heavy (non-hydrogen) atoms. The van der Waals surface area contributed by atoms with E-state index >= 15 is 0 Å². The molecule has 1 aromatic rings. The fourth-order valence-corrected chi connectivity index (χ4v) is 2.73. The molecule has 1 aliphatic rings. The van der Waals surface area contributed by atoms with Crippen molar-refractivity contribution in [1.82, 2.24) is 0 Å². The first-order chi connectivity index (χ1) is 9.02. The van der Waals surface area contributed by atoms with Crippen LogP contribution in [-0.4, -0.2) is 19.1 Å². The molecule has 1 saturated carbocycles. The van der Waals surface area contributed by atoms with Gasteiger partial charge in [-0.2, -0.15) is 0 Å². The third kappa shape index (κ3) is 3.64. The van der Waals surface area contributed by atoms with E-state index in [0.29, 0.717) is 6.04 Å². The van der Waals surface area contributed by atoms with Crippen molar-refractivity contribution in [1.29, 1.82) is 0 Å². The Labute approximate surface area is 121 Å². The number of nitrogens with two attached hydrogens (primary N) is 1. The Morgan fingerprint density at radius 3 is 2.63 bits per heavy atom. The van der Waals surface area contributed by atoms with Gasteiger partial charge in [-0.05, 0) is 56.2 Å². The van der Waals surface area contributed by atoms with Gasteiger partial charge in [0.2, 0.25) is 0 Å². The molecule has 0 aliphatic heterocycles. The third-order valence-corrected chi connectivity index (χ3v) is 4.72. The molecule has 0 radical (unpaired) electrons. The third-order valence-electron chi connectivity index (χ3n) is 4.37. The lowest BCUT2D eigenvalue weighted by Gasteiger charge is -2.27. The van der Waals surface area contributed by atoms with Crippen molar-refractivity contribution in [3.63, 3.8) is 0 Å². The van der Waals surface area contributed by atoms with Crippen LogP contribution in [0.2, 0.25) is 5.02 Å². The van der Waals surface area contributed by atoms with Gasteiger partial charge in [-0.3, -0.25) is 0 Å². The van der Waals surface area contributed by atoms with E-state index in [0.717, 1.165) is 29.3 Å². The fourth-order valence-electron chi connectivity index (χ4n) is 2.48. The van der Waals surface area contributed by atoms with Crippen molar-refractivity contribution < 1.29 is 0 Å². The summed E-state index contributed by atoms with van der Waals surface area (Å²) in [6.45, 7) is 4.41. The Morgan fingerprint density at radius 1 is 1.42 bits per heavy atom. The number of nitrogens with zero attached hydrogens (tertiary/aromatic N) is 1. The topological polar surface area (TPSA) is 29.3 Å². The van der Waals surface area contributed by atoms with Crippen molar-refractivity contribution >= 4 is 17.3 Å². The van der Waals surface area contributed by atoms with Crippen LogP contribution in [0.15, 0.2) is 18.2 Å². The summed E-state index contributed by atoms with van der Waals surface area (Å²) in [4.78, 5) is 2.34. The second-order valence-corrected chi connectivity index (χ2v) is 6.24. The van der Waals surface area contributed by atoms with Crippen LogP contribution in [0.4, 0.5) is 5.69 Å². The van der Waals surface area contributed by atoms with E-state index in [2.05, 4.69) is 44.0 Å². The van der Waals surface area contributed by atoms with Gasteiger partial charge in [0, 0.05) is 29.8 Å². The van der Waals surface area contributed by atoms with Crippen LogP contribution in [0.5, 0.6) is 0 Å². The molecule has 2 N–H and O–H groups in total. The first-order valence-corrected chi connectivity index (χ1v) is 7.67. The van der Waals surface area contributed by atoms with E-state index in [-0.39, 0.29) is 6.04 Å². The van der Waals surface area contributed by atoms with Gasteiger partial charge in [0.1, 0.15) is 0 Å². The average Bonchev–Trinajstić information content (AvgIpc) is 3.23. The van der Waals surface area contributed by atoms with Crippen molar-refractivity contribution in [3.05, 3.63) is 28.8 Å². The normalized spacial score (nSPS) is 18.2. The molecule has 3 heteroatoms. The van der Waals surface area contributed by atoms with Gasteiger partial charge in [0.15, 0.2) is 0 Å². The monoisotopic (exact) mass is 280 g/mol. The second kappa shape index (κ2) is 6.15. The molecule has 2 unspecified atom stereocenters. The summed E-state index contributed by atoms with van der Waals surface area (Å²) >= 11 is 6.39. The molecular formula is C16H25ClN2. The second-order valence-electron chi connectivity index (χ2n) is 5.84. The fraction of sp³-hybridized carbons (Fsp3) is 0.625. The van der Waals surface area contributed by atoms with E-state index in [1.165, 1.54) is 18.5 Å². The molecule has 2 atom stereocenters. The molecule has 0 amide bonds. The Morgan fingerprint density at radius 2 is 2.11 bits per heavy atom. The summed E-state index contributed by atoms with van der Waals surface area (Å²) in [5, 5.41) is 0.844. The van der Waals surface area contributed by atoms with Gasteiger partial charge in [0.25, 0.3) is 0 Å². The summed E-state index contributed by atoms with van der Waals surface area (Å²) < 4.78 is 0. The molecule has 0 heterocycles. The molecule has 2 rings (SSSR count). The molecule has 1 aromatic carbocycles. The highest BCUT2D eigenvalue weighted by atomic mass is 35.5. The predicted molar refractivity (Wildman–Crippen MR) is 84.0 cm³/mol. The van der Waals surface area contributed by atoms with Crippen molar-refractivity contribution in [2.24, 2.45) is 11.7 Å². The van der Waals surface area contributed by atoms with Gasteiger partial charge in [-0.15, -0.1) is 0 Å². The smallest absolute Gasteiger partial charge is 0.0459 e. The Kier molecular flexibility index (Phi) is 4.75. The number of halogens is 1. The van der Waals surface area contributed by atoms with Crippen LogP contribution in [0.1, 0.15) is 38.7 Å². The maximum absolute atomic E-state index is 6.39. The minimum absolute atomic E-state index is 0.200. The minimum Gasteiger partial charge on any atom is -0.372 e. The number of rotatable bonds is 6. The van der Waals surface area contributed by atoms with Crippen LogP contribution >= 0.6 is 11.6 Å². The lowest BCUT2D eigenvalue weighted by atomic mass is 10.0. The molecule has 2 nitrogen and oxygen atoms in total. The van der Waals surface area contributed by atoms with Gasteiger partial charge in [-0.25, -0.2) is 0 Å². The van der Waals surface area contributed by atoms with Crippen molar-refractivity contribution in [3.8, 4) is 0 Å². The molecular weight excluding hydrogens is 256 g/mol. The van der Waals surface area contributed by atoms with Crippen molar-refractivity contribution in [2.45, 2.75) is 51.6 Å². The number of anilines is 1. The Hall–Kier alpha value is -0.730. The quantitative estimate of drug-likeness (QED) is 0.857. The molecule has 1 aliphatic carbocycles. The number of benzene rings is 1. The first kappa shape index (κ1) is 14.7. The lowest BCUT2D eigenvalue weighted by Crippen LogP contribution is -2.30.